The van der Waals surface area contributed by atoms with Crippen LogP contribution in [0.15, 0.2) is 0 Å². The van der Waals surface area contributed by atoms with Crippen molar-refractivity contribution in [2.45, 2.75) is 18.9 Å². The number of Topliss-reactive ketones (excluding diaryl/α,β-unsaturated/α-hetero) is 1. The van der Waals surface area contributed by atoms with Crippen molar-refractivity contribution in [3.8, 4) is 0 Å². The first-order valence-electron chi connectivity index (χ1n) is 4.19. The summed E-state index contributed by atoms with van der Waals surface area (Å²) < 4.78 is 0. The van der Waals surface area contributed by atoms with Crippen LogP contribution in [0.25, 0.3) is 0 Å². The Morgan fingerprint density at radius 3 is 2.92 bits per heavy atom. The lowest BCUT2D eigenvalue weighted by Gasteiger charge is -2.37. The first kappa shape index (κ1) is 8.10. The predicted octanol–water partition coefficient (Wildman–Crippen LogP) is 0.293. The zero-order valence-electron chi connectivity index (χ0n) is 6.78. The van der Waals surface area contributed by atoms with Crippen LogP contribution in [0.2, 0.25) is 0 Å². The Bertz CT molecular complexity index is 205. The number of hydrogen-bond acceptors (Lipinski definition) is 3. The molecule has 2 rings (SSSR count). The fourth-order valence-electron chi connectivity index (χ4n) is 1.71. The fourth-order valence-corrected chi connectivity index (χ4v) is 2.79. The summed E-state index contributed by atoms with van der Waals surface area (Å²) in [7, 11) is 0. The van der Waals surface area contributed by atoms with Gasteiger partial charge in [-0.15, -0.1) is 0 Å². The van der Waals surface area contributed by atoms with Crippen LogP contribution < -0.4 is 0 Å². The van der Waals surface area contributed by atoms with Crippen molar-refractivity contribution in [3.63, 3.8) is 0 Å². The van der Waals surface area contributed by atoms with Gasteiger partial charge in [-0.05, 0) is 0 Å². The van der Waals surface area contributed by atoms with Crippen molar-refractivity contribution in [2.24, 2.45) is 0 Å². The Morgan fingerprint density at radius 1 is 1.33 bits per heavy atom. The number of nitrogens with zero attached hydrogens (tertiary/aromatic N) is 1. The maximum atomic E-state index is 11.4. The summed E-state index contributed by atoms with van der Waals surface area (Å²) in [6.07, 6.45) is 0.889. The van der Waals surface area contributed by atoms with Crippen molar-refractivity contribution in [1.82, 2.24) is 4.90 Å². The fraction of sp³-hybridized carbons (Fsp3) is 0.750. The average Bonchev–Trinajstić information content (AvgIpc) is 2.12. The Labute approximate surface area is 75.5 Å². The Kier molecular flexibility index (Phi) is 2.09. The van der Waals surface area contributed by atoms with Crippen molar-refractivity contribution >= 4 is 23.5 Å². The van der Waals surface area contributed by atoms with Gasteiger partial charge in [0.15, 0.2) is 5.78 Å². The highest BCUT2D eigenvalue weighted by Crippen LogP contribution is 2.23. The van der Waals surface area contributed by atoms with Crippen molar-refractivity contribution in [2.75, 3.05) is 18.1 Å². The molecule has 2 saturated heterocycles. The molecule has 0 bridgehead atoms. The van der Waals surface area contributed by atoms with E-state index in [1.807, 2.05) is 0 Å². The molecule has 0 spiro atoms. The summed E-state index contributed by atoms with van der Waals surface area (Å²) in [6.45, 7) is 0.764. The number of thioether (sulfide) groups is 1. The molecule has 1 unspecified atom stereocenters. The molecular weight excluding hydrogens is 174 g/mol. The number of piperidine rings is 1. The van der Waals surface area contributed by atoms with Crippen LogP contribution in [0.1, 0.15) is 12.8 Å². The molecule has 1 amide bonds. The molecule has 0 saturated carbocycles. The minimum absolute atomic E-state index is 0.0926. The van der Waals surface area contributed by atoms with Crippen LogP contribution >= 0.6 is 11.8 Å². The molecule has 2 aliphatic rings. The SMILES string of the molecule is O=C1CCC(=O)N2CCSCC12. The molecule has 1 atom stereocenters. The highest BCUT2D eigenvalue weighted by Gasteiger charge is 2.35. The molecule has 0 aromatic carbocycles. The van der Waals surface area contributed by atoms with E-state index in [0.717, 1.165) is 18.1 Å². The third kappa shape index (κ3) is 1.24. The zero-order valence-corrected chi connectivity index (χ0v) is 7.60. The molecule has 0 N–H and O–H groups in total. The lowest BCUT2D eigenvalue weighted by atomic mass is 10.0. The number of hydrogen-bond donors (Lipinski definition) is 0. The third-order valence-electron chi connectivity index (χ3n) is 2.41. The van der Waals surface area contributed by atoms with Gasteiger partial charge >= 0.3 is 0 Å². The molecule has 2 aliphatic heterocycles. The summed E-state index contributed by atoms with van der Waals surface area (Å²) >= 11 is 1.77. The Balaban J connectivity index is 2.16. The zero-order chi connectivity index (χ0) is 8.55. The number of carbonyl (C=O) groups excluding carboxylic acids is 2. The summed E-state index contributed by atoms with van der Waals surface area (Å²) in [5, 5.41) is 0. The van der Waals surface area contributed by atoms with Crippen LogP contribution in [-0.2, 0) is 9.59 Å². The van der Waals surface area contributed by atoms with Gasteiger partial charge in [0.1, 0.15) is 0 Å². The number of amides is 1. The average molecular weight is 185 g/mol. The summed E-state index contributed by atoms with van der Waals surface area (Å²) in [6, 6.07) is -0.0926. The van der Waals surface area contributed by atoms with E-state index in [9.17, 15) is 9.59 Å². The highest BCUT2D eigenvalue weighted by atomic mass is 32.2. The van der Waals surface area contributed by atoms with Gasteiger partial charge in [0.25, 0.3) is 0 Å². The molecular formula is C8H11NO2S. The second kappa shape index (κ2) is 3.09. The van der Waals surface area contributed by atoms with E-state index in [2.05, 4.69) is 0 Å². The van der Waals surface area contributed by atoms with Crippen molar-refractivity contribution in [1.29, 1.82) is 0 Å². The smallest absolute Gasteiger partial charge is 0.223 e. The molecule has 0 aromatic heterocycles. The first-order valence-corrected chi connectivity index (χ1v) is 5.34. The Morgan fingerprint density at radius 2 is 2.17 bits per heavy atom. The quantitative estimate of drug-likeness (QED) is 0.544. The Hall–Kier alpha value is -0.510. The molecule has 0 aliphatic carbocycles. The van der Waals surface area contributed by atoms with E-state index < -0.39 is 0 Å². The van der Waals surface area contributed by atoms with E-state index in [0.29, 0.717) is 12.8 Å². The summed E-state index contributed by atoms with van der Waals surface area (Å²) in [5.74, 6) is 2.21. The molecule has 2 heterocycles. The van der Waals surface area contributed by atoms with Crippen LogP contribution in [0.4, 0.5) is 0 Å². The number of ketones is 1. The molecule has 66 valence electrons. The highest BCUT2D eigenvalue weighted by molar-refractivity contribution is 7.99. The van der Waals surface area contributed by atoms with Crippen LogP contribution in [0, 0.1) is 0 Å². The van der Waals surface area contributed by atoms with Gasteiger partial charge in [0, 0.05) is 30.9 Å². The van der Waals surface area contributed by atoms with E-state index in [-0.39, 0.29) is 17.7 Å². The summed E-state index contributed by atoms with van der Waals surface area (Å²) in [4.78, 5) is 24.5. The molecule has 3 nitrogen and oxygen atoms in total. The van der Waals surface area contributed by atoms with E-state index >= 15 is 0 Å². The topological polar surface area (TPSA) is 37.4 Å². The van der Waals surface area contributed by atoms with Crippen molar-refractivity contribution in [3.05, 3.63) is 0 Å². The van der Waals surface area contributed by atoms with E-state index in [1.165, 1.54) is 0 Å². The van der Waals surface area contributed by atoms with Gasteiger partial charge in [0.2, 0.25) is 5.91 Å². The minimum atomic E-state index is -0.0926. The molecule has 0 radical (unpaired) electrons. The van der Waals surface area contributed by atoms with E-state index in [1.54, 1.807) is 16.7 Å². The molecule has 0 aromatic rings. The van der Waals surface area contributed by atoms with Gasteiger partial charge < -0.3 is 4.90 Å². The predicted molar refractivity (Wildman–Crippen MR) is 47.1 cm³/mol. The number of carbonyl (C=O) groups is 2. The first-order chi connectivity index (χ1) is 5.79. The molecule has 4 heteroatoms. The molecule has 12 heavy (non-hydrogen) atoms. The second-order valence-electron chi connectivity index (χ2n) is 3.14. The number of rotatable bonds is 0. The lowest BCUT2D eigenvalue weighted by molar-refractivity contribution is -0.144. The van der Waals surface area contributed by atoms with Crippen LogP contribution in [0.5, 0.6) is 0 Å². The van der Waals surface area contributed by atoms with Gasteiger partial charge in [-0.25, -0.2) is 0 Å². The van der Waals surface area contributed by atoms with Gasteiger partial charge in [-0.1, -0.05) is 0 Å². The monoisotopic (exact) mass is 185 g/mol. The maximum Gasteiger partial charge on any atom is 0.223 e. The largest absolute Gasteiger partial charge is 0.331 e. The van der Waals surface area contributed by atoms with Gasteiger partial charge in [-0.2, -0.15) is 11.8 Å². The molecule has 2 fully saturated rings. The third-order valence-corrected chi connectivity index (χ3v) is 3.43. The maximum absolute atomic E-state index is 11.4. The van der Waals surface area contributed by atoms with Crippen molar-refractivity contribution < 1.29 is 9.59 Å². The standard InChI is InChI=1S/C8H11NO2S/c10-7-1-2-8(11)9-3-4-12-5-6(7)9/h6H,1-5H2. The van der Waals surface area contributed by atoms with E-state index in [4.69, 9.17) is 0 Å². The van der Waals surface area contributed by atoms with Crippen LogP contribution in [-0.4, -0.2) is 40.7 Å². The van der Waals surface area contributed by atoms with Crippen LogP contribution in [0.3, 0.4) is 0 Å². The normalized spacial score (nSPS) is 30.3. The summed E-state index contributed by atoms with van der Waals surface area (Å²) in [5.41, 5.74) is 0. The second-order valence-corrected chi connectivity index (χ2v) is 4.29. The lowest BCUT2D eigenvalue weighted by Crippen LogP contribution is -2.53. The van der Waals surface area contributed by atoms with Gasteiger partial charge in [0.05, 0.1) is 6.04 Å². The minimum Gasteiger partial charge on any atom is -0.331 e. The van der Waals surface area contributed by atoms with Gasteiger partial charge in [-0.3, -0.25) is 9.59 Å². The number of fused-ring (bicyclic) bond motifs is 1.